The van der Waals surface area contributed by atoms with Crippen LogP contribution in [0.4, 0.5) is 4.39 Å². The predicted molar refractivity (Wildman–Crippen MR) is 81.0 cm³/mol. The lowest BCUT2D eigenvalue weighted by atomic mass is 10.0. The average Bonchev–Trinajstić information content (AvgIpc) is 2.98. The quantitative estimate of drug-likeness (QED) is 0.852. The van der Waals surface area contributed by atoms with Crippen LogP contribution >= 0.6 is 0 Å². The van der Waals surface area contributed by atoms with E-state index in [9.17, 15) is 4.39 Å². The third-order valence-electron chi connectivity index (χ3n) is 3.42. The molecular weight excluding hydrogens is 269 g/mol. The predicted octanol–water partition coefficient (Wildman–Crippen LogP) is 3.14. The summed E-state index contributed by atoms with van der Waals surface area (Å²) in [4.78, 5) is 0. The minimum Gasteiger partial charge on any atom is -0.494 e. The number of benzene rings is 1. The van der Waals surface area contributed by atoms with Crippen molar-refractivity contribution < 1.29 is 9.13 Å². The lowest BCUT2D eigenvalue weighted by Crippen LogP contribution is -2.23. The maximum atomic E-state index is 13.6. The Hall–Kier alpha value is -1.88. The van der Waals surface area contributed by atoms with E-state index in [0.29, 0.717) is 0 Å². The molecule has 0 amide bonds. The molecule has 1 aromatic carbocycles. The van der Waals surface area contributed by atoms with Crippen LogP contribution in [-0.4, -0.2) is 23.4 Å². The Labute approximate surface area is 124 Å². The first-order valence-corrected chi connectivity index (χ1v) is 7.28. The molecule has 114 valence electrons. The number of nitrogens with one attached hydrogen (secondary N) is 1. The number of aryl methyl sites for hydroxylation is 1. The van der Waals surface area contributed by atoms with Crippen LogP contribution in [0, 0.1) is 5.82 Å². The molecule has 0 saturated heterocycles. The first-order chi connectivity index (χ1) is 10.2. The second-order valence-corrected chi connectivity index (χ2v) is 4.91. The highest BCUT2D eigenvalue weighted by Crippen LogP contribution is 2.27. The van der Waals surface area contributed by atoms with Crippen molar-refractivity contribution in [2.45, 2.75) is 32.9 Å². The molecule has 0 aliphatic heterocycles. The summed E-state index contributed by atoms with van der Waals surface area (Å²) in [6.45, 7) is 5.87. The molecule has 1 N–H and O–H groups in total. The Bertz CT molecular complexity index is 583. The molecule has 0 aliphatic carbocycles. The van der Waals surface area contributed by atoms with E-state index >= 15 is 0 Å². The molecule has 0 bridgehead atoms. The van der Waals surface area contributed by atoms with Gasteiger partial charge in [0, 0.05) is 18.3 Å². The first kappa shape index (κ1) is 15.5. The molecule has 2 rings (SSSR count). The van der Waals surface area contributed by atoms with Gasteiger partial charge < -0.3 is 10.1 Å². The Kier molecular flexibility index (Phi) is 5.33. The fraction of sp³-hybridized carbons (Fsp3) is 0.438. The summed E-state index contributed by atoms with van der Waals surface area (Å²) >= 11 is 0. The van der Waals surface area contributed by atoms with Crippen LogP contribution in [0.1, 0.15) is 37.4 Å². The van der Waals surface area contributed by atoms with E-state index in [1.807, 2.05) is 24.0 Å². The number of rotatable bonds is 7. The number of nitrogens with zero attached hydrogens (tertiary/aromatic N) is 2. The van der Waals surface area contributed by atoms with E-state index < -0.39 is 0 Å². The SMILES string of the molecule is CCCNC(c1ccc(F)c(OC)c1)c1cnn(CC)c1. The summed E-state index contributed by atoms with van der Waals surface area (Å²) in [6, 6.07) is 4.96. The van der Waals surface area contributed by atoms with Gasteiger partial charge in [0.25, 0.3) is 0 Å². The molecule has 1 atom stereocenters. The maximum Gasteiger partial charge on any atom is 0.165 e. The number of halogens is 1. The van der Waals surface area contributed by atoms with Crippen LogP contribution < -0.4 is 10.1 Å². The summed E-state index contributed by atoms with van der Waals surface area (Å²) in [5.74, 6) is -0.0848. The van der Waals surface area contributed by atoms with Gasteiger partial charge >= 0.3 is 0 Å². The van der Waals surface area contributed by atoms with Crippen molar-refractivity contribution >= 4 is 0 Å². The highest BCUT2D eigenvalue weighted by atomic mass is 19.1. The summed E-state index contributed by atoms with van der Waals surface area (Å²) < 4.78 is 20.5. The smallest absolute Gasteiger partial charge is 0.165 e. The number of aromatic nitrogens is 2. The van der Waals surface area contributed by atoms with Crippen LogP contribution in [0.3, 0.4) is 0 Å². The van der Waals surface area contributed by atoms with E-state index in [-0.39, 0.29) is 17.6 Å². The Morgan fingerprint density at radius 2 is 2.14 bits per heavy atom. The van der Waals surface area contributed by atoms with Crippen molar-refractivity contribution in [2.24, 2.45) is 0 Å². The van der Waals surface area contributed by atoms with Crippen LogP contribution in [0.5, 0.6) is 5.75 Å². The second kappa shape index (κ2) is 7.22. The topological polar surface area (TPSA) is 39.1 Å². The van der Waals surface area contributed by atoms with Crippen LogP contribution in [0.15, 0.2) is 30.6 Å². The monoisotopic (exact) mass is 291 g/mol. The van der Waals surface area contributed by atoms with Crippen molar-refractivity contribution in [3.63, 3.8) is 0 Å². The fourth-order valence-electron chi connectivity index (χ4n) is 2.27. The maximum absolute atomic E-state index is 13.6. The Balaban J connectivity index is 2.34. The summed E-state index contributed by atoms with van der Waals surface area (Å²) in [6.07, 6.45) is 4.90. The van der Waals surface area contributed by atoms with Gasteiger partial charge in [-0.25, -0.2) is 4.39 Å². The lowest BCUT2D eigenvalue weighted by Gasteiger charge is -2.18. The van der Waals surface area contributed by atoms with Gasteiger partial charge in [-0.3, -0.25) is 4.68 Å². The van der Waals surface area contributed by atoms with Gasteiger partial charge in [0.2, 0.25) is 0 Å². The van der Waals surface area contributed by atoms with Crippen molar-refractivity contribution in [1.82, 2.24) is 15.1 Å². The lowest BCUT2D eigenvalue weighted by molar-refractivity contribution is 0.385. The third kappa shape index (κ3) is 3.61. The van der Waals surface area contributed by atoms with Crippen LogP contribution in [0.2, 0.25) is 0 Å². The van der Waals surface area contributed by atoms with E-state index in [0.717, 1.165) is 30.6 Å². The highest BCUT2D eigenvalue weighted by Gasteiger charge is 2.17. The number of ether oxygens (including phenoxy) is 1. The zero-order chi connectivity index (χ0) is 15.2. The van der Waals surface area contributed by atoms with E-state index in [2.05, 4.69) is 17.3 Å². The van der Waals surface area contributed by atoms with Gasteiger partial charge in [0.1, 0.15) is 0 Å². The molecule has 0 saturated carbocycles. The van der Waals surface area contributed by atoms with Crippen LogP contribution in [-0.2, 0) is 6.54 Å². The summed E-state index contributed by atoms with van der Waals surface area (Å²) in [7, 11) is 1.48. The standard InChI is InChI=1S/C16H22FN3O/c1-4-8-18-16(13-10-19-20(5-2)11-13)12-6-7-14(17)15(9-12)21-3/h6-7,9-11,16,18H,4-5,8H2,1-3H3. The fourth-order valence-corrected chi connectivity index (χ4v) is 2.27. The van der Waals surface area contributed by atoms with Crippen molar-refractivity contribution in [1.29, 1.82) is 0 Å². The summed E-state index contributed by atoms with van der Waals surface area (Å²) in [5, 5.41) is 7.80. The zero-order valence-corrected chi connectivity index (χ0v) is 12.8. The average molecular weight is 291 g/mol. The molecule has 1 aromatic heterocycles. The van der Waals surface area contributed by atoms with E-state index in [1.54, 1.807) is 12.1 Å². The minimum absolute atomic E-state index is 0.0141. The van der Waals surface area contributed by atoms with Gasteiger partial charge in [-0.15, -0.1) is 0 Å². The molecule has 5 heteroatoms. The molecule has 1 heterocycles. The summed E-state index contributed by atoms with van der Waals surface area (Å²) in [5.41, 5.74) is 2.04. The highest BCUT2D eigenvalue weighted by molar-refractivity contribution is 5.36. The molecule has 0 aliphatic rings. The van der Waals surface area contributed by atoms with Crippen molar-refractivity contribution in [3.8, 4) is 5.75 Å². The van der Waals surface area contributed by atoms with Crippen molar-refractivity contribution in [2.75, 3.05) is 13.7 Å². The molecule has 2 aromatic rings. The number of methoxy groups -OCH3 is 1. The molecule has 21 heavy (non-hydrogen) atoms. The Morgan fingerprint density at radius 3 is 2.76 bits per heavy atom. The third-order valence-corrected chi connectivity index (χ3v) is 3.42. The second-order valence-electron chi connectivity index (χ2n) is 4.91. The molecule has 0 fully saturated rings. The van der Waals surface area contributed by atoms with E-state index in [1.165, 1.54) is 13.2 Å². The molecule has 0 spiro atoms. The molecule has 1 unspecified atom stereocenters. The van der Waals surface area contributed by atoms with Gasteiger partial charge in [0.15, 0.2) is 11.6 Å². The zero-order valence-electron chi connectivity index (χ0n) is 12.8. The Morgan fingerprint density at radius 1 is 1.33 bits per heavy atom. The first-order valence-electron chi connectivity index (χ1n) is 7.28. The molecular formula is C16H22FN3O. The van der Waals surface area contributed by atoms with Crippen LogP contribution in [0.25, 0.3) is 0 Å². The normalized spacial score (nSPS) is 12.4. The molecule has 0 radical (unpaired) electrons. The van der Waals surface area contributed by atoms with Gasteiger partial charge in [-0.1, -0.05) is 13.0 Å². The van der Waals surface area contributed by atoms with Gasteiger partial charge in [-0.05, 0) is 37.6 Å². The minimum atomic E-state index is -0.347. The number of hydrogen-bond acceptors (Lipinski definition) is 3. The molecule has 4 nitrogen and oxygen atoms in total. The van der Waals surface area contributed by atoms with E-state index in [4.69, 9.17) is 4.74 Å². The number of hydrogen-bond donors (Lipinski definition) is 1. The van der Waals surface area contributed by atoms with Gasteiger partial charge in [0.05, 0.1) is 19.3 Å². The van der Waals surface area contributed by atoms with Gasteiger partial charge in [-0.2, -0.15) is 5.10 Å². The van der Waals surface area contributed by atoms with Crippen molar-refractivity contribution in [3.05, 3.63) is 47.5 Å². The largest absolute Gasteiger partial charge is 0.494 e.